The zero-order valence-electron chi connectivity index (χ0n) is 23.2. The SMILES string of the molecule is c1cc2c(c(-c3cccc4c3CCCC4)c1)CCCC2.c1ccc2c(-c3cccc4ccccc34)cccc2c1. The Labute approximate surface area is 238 Å². The summed E-state index contributed by atoms with van der Waals surface area (Å²) in [4.78, 5) is 0. The maximum Gasteiger partial charge on any atom is -0.00992 e. The maximum absolute atomic E-state index is 2.36. The Bertz CT molecular complexity index is 1660. The van der Waals surface area contributed by atoms with Crippen molar-refractivity contribution in [3.63, 3.8) is 0 Å². The zero-order valence-corrected chi connectivity index (χ0v) is 23.2. The van der Waals surface area contributed by atoms with Gasteiger partial charge in [0, 0.05) is 0 Å². The van der Waals surface area contributed by atoms with Crippen molar-refractivity contribution in [3.05, 3.63) is 144 Å². The highest BCUT2D eigenvalue weighted by molar-refractivity contribution is 6.05. The molecule has 0 bridgehead atoms. The van der Waals surface area contributed by atoms with E-state index in [1.807, 2.05) is 0 Å². The van der Waals surface area contributed by atoms with E-state index >= 15 is 0 Å². The van der Waals surface area contributed by atoms with Crippen LogP contribution in [0.5, 0.6) is 0 Å². The smallest absolute Gasteiger partial charge is 0.00992 e. The Morgan fingerprint density at radius 1 is 0.300 bits per heavy atom. The Balaban J connectivity index is 0.000000132. The first-order chi connectivity index (χ1) is 19.9. The van der Waals surface area contributed by atoms with Crippen molar-refractivity contribution in [2.24, 2.45) is 0 Å². The quantitative estimate of drug-likeness (QED) is 0.215. The molecule has 0 nitrogen and oxygen atoms in total. The number of hydrogen-bond donors (Lipinski definition) is 0. The van der Waals surface area contributed by atoms with Gasteiger partial charge in [-0.25, -0.2) is 0 Å². The molecule has 0 saturated heterocycles. The van der Waals surface area contributed by atoms with Crippen molar-refractivity contribution < 1.29 is 0 Å². The molecule has 0 aliphatic heterocycles. The van der Waals surface area contributed by atoms with Crippen LogP contribution in [0, 0.1) is 0 Å². The normalized spacial score (nSPS) is 14.2. The summed E-state index contributed by atoms with van der Waals surface area (Å²) in [5.74, 6) is 0. The standard InChI is InChI=1S/C20H22.C20H14/c2*1-3-11-17-15(7-1)9-5-13-19(17)20-14-6-10-16-8-2-4-12-18(16)20/h5-6,9-10,13-14H,1-4,7-8,11-12H2;1-14H. The molecule has 40 heavy (non-hydrogen) atoms. The van der Waals surface area contributed by atoms with Gasteiger partial charge in [0.05, 0.1) is 0 Å². The minimum absolute atomic E-state index is 1.27. The lowest BCUT2D eigenvalue weighted by molar-refractivity contribution is 0.681. The van der Waals surface area contributed by atoms with Crippen molar-refractivity contribution in [1.82, 2.24) is 0 Å². The third-order valence-corrected chi connectivity index (χ3v) is 8.95. The largest absolute Gasteiger partial charge is 0.0616 e. The fourth-order valence-electron chi connectivity index (χ4n) is 6.99. The van der Waals surface area contributed by atoms with Crippen molar-refractivity contribution in [2.45, 2.75) is 51.4 Å². The molecule has 0 spiro atoms. The Morgan fingerprint density at radius 2 is 0.675 bits per heavy atom. The molecular formula is C40H36. The number of aryl methyl sites for hydroxylation is 2. The van der Waals surface area contributed by atoms with Crippen LogP contribution in [0.4, 0.5) is 0 Å². The predicted octanol–water partition coefficient (Wildman–Crippen LogP) is 10.8. The Hall–Kier alpha value is -4.16. The first-order valence-electron chi connectivity index (χ1n) is 15.0. The molecule has 0 unspecified atom stereocenters. The van der Waals surface area contributed by atoms with E-state index in [4.69, 9.17) is 0 Å². The summed E-state index contributed by atoms with van der Waals surface area (Å²) in [5, 5.41) is 5.20. The van der Waals surface area contributed by atoms with Crippen LogP contribution in [0.2, 0.25) is 0 Å². The van der Waals surface area contributed by atoms with E-state index in [0.717, 1.165) is 0 Å². The summed E-state index contributed by atoms with van der Waals surface area (Å²) in [7, 11) is 0. The second-order valence-corrected chi connectivity index (χ2v) is 11.4. The first-order valence-corrected chi connectivity index (χ1v) is 15.0. The molecule has 0 heterocycles. The monoisotopic (exact) mass is 516 g/mol. The molecule has 0 fully saturated rings. The van der Waals surface area contributed by atoms with Gasteiger partial charge in [-0.05, 0) is 117 Å². The molecule has 6 aromatic rings. The minimum Gasteiger partial charge on any atom is -0.0616 e. The summed E-state index contributed by atoms with van der Waals surface area (Å²) in [6, 6.07) is 44.1. The molecule has 0 N–H and O–H groups in total. The van der Waals surface area contributed by atoms with Crippen molar-refractivity contribution in [1.29, 1.82) is 0 Å². The molecule has 196 valence electrons. The molecule has 2 aliphatic rings. The maximum atomic E-state index is 2.36. The van der Waals surface area contributed by atoms with Crippen LogP contribution in [0.3, 0.4) is 0 Å². The summed E-state index contributed by atoms with van der Waals surface area (Å²) >= 11 is 0. The van der Waals surface area contributed by atoms with E-state index in [9.17, 15) is 0 Å². The van der Waals surface area contributed by atoms with Gasteiger partial charge in [0.1, 0.15) is 0 Å². The molecule has 0 aromatic heterocycles. The van der Waals surface area contributed by atoms with Crippen LogP contribution in [0.25, 0.3) is 43.8 Å². The first kappa shape index (κ1) is 24.9. The average molecular weight is 517 g/mol. The third-order valence-electron chi connectivity index (χ3n) is 8.95. The van der Waals surface area contributed by atoms with Gasteiger partial charge in [-0.1, -0.05) is 121 Å². The lowest BCUT2D eigenvalue weighted by Crippen LogP contribution is -2.08. The molecule has 0 radical (unpaired) electrons. The second kappa shape index (κ2) is 11.1. The van der Waals surface area contributed by atoms with Crippen LogP contribution in [-0.4, -0.2) is 0 Å². The molecule has 0 heteroatoms. The van der Waals surface area contributed by atoms with E-state index in [0.29, 0.717) is 0 Å². The van der Waals surface area contributed by atoms with Crippen LogP contribution in [0.15, 0.2) is 121 Å². The summed E-state index contributed by atoms with van der Waals surface area (Å²) in [6.07, 6.45) is 10.5. The lowest BCUT2D eigenvalue weighted by Gasteiger charge is -2.24. The molecule has 0 atom stereocenters. The van der Waals surface area contributed by atoms with Crippen LogP contribution in [-0.2, 0) is 25.7 Å². The highest BCUT2D eigenvalue weighted by Gasteiger charge is 2.18. The number of fused-ring (bicyclic) bond motifs is 4. The summed E-state index contributed by atoms with van der Waals surface area (Å²) < 4.78 is 0. The van der Waals surface area contributed by atoms with Gasteiger partial charge in [0.25, 0.3) is 0 Å². The van der Waals surface area contributed by atoms with E-state index in [1.165, 1.54) is 95.2 Å². The van der Waals surface area contributed by atoms with E-state index in [1.54, 1.807) is 22.3 Å². The van der Waals surface area contributed by atoms with Crippen LogP contribution >= 0.6 is 0 Å². The van der Waals surface area contributed by atoms with Gasteiger partial charge in [0.2, 0.25) is 0 Å². The molecule has 2 aliphatic carbocycles. The van der Waals surface area contributed by atoms with E-state index in [-0.39, 0.29) is 0 Å². The summed E-state index contributed by atoms with van der Waals surface area (Å²) in [6.45, 7) is 0. The third kappa shape index (κ3) is 4.73. The number of hydrogen-bond acceptors (Lipinski definition) is 0. The fourth-order valence-corrected chi connectivity index (χ4v) is 6.99. The van der Waals surface area contributed by atoms with Gasteiger partial charge < -0.3 is 0 Å². The molecule has 0 saturated carbocycles. The van der Waals surface area contributed by atoms with Crippen molar-refractivity contribution in [3.8, 4) is 22.3 Å². The number of benzene rings is 6. The van der Waals surface area contributed by atoms with Crippen LogP contribution < -0.4 is 0 Å². The van der Waals surface area contributed by atoms with Gasteiger partial charge >= 0.3 is 0 Å². The van der Waals surface area contributed by atoms with Gasteiger partial charge in [-0.3, -0.25) is 0 Å². The van der Waals surface area contributed by atoms with Crippen molar-refractivity contribution in [2.75, 3.05) is 0 Å². The highest BCUT2D eigenvalue weighted by Crippen LogP contribution is 2.37. The summed E-state index contributed by atoms with van der Waals surface area (Å²) in [5.41, 5.74) is 12.1. The van der Waals surface area contributed by atoms with E-state index in [2.05, 4.69) is 121 Å². The highest BCUT2D eigenvalue weighted by atomic mass is 14.2. The van der Waals surface area contributed by atoms with Gasteiger partial charge in [-0.15, -0.1) is 0 Å². The zero-order chi connectivity index (χ0) is 26.7. The molecule has 8 rings (SSSR count). The van der Waals surface area contributed by atoms with Gasteiger partial charge in [-0.2, -0.15) is 0 Å². The van der Waals surface area contributed by atoms with E-state index < -0.39 is 0 Å². The molecular weight excluding hydrogens is 480 g/mol. The fraction of sp³-hybridized carbons (Fsp3) is 0.200. The predicted molar refractivity (Wildman–Crippen MR) is 172 cm³/mol. The van der Waals surface area contributed by atoms with Crippen LogP contribution in [0.1, 0.15) is 47.9 Å². The second-order valence-electron chi connectivity index (χ2n) is 11.4. The Kier molecular flexibility index (Phi) is 6.92. The minimum atomic E-state index is 1.27. The van der Waals surface area contributed by atoms with Gasteiger partial charge in [0.15, 0.2) is 0 Å². The van der Waals surface area contributed by atoms with Crippen molar-refractivity contribution >= 4 is 21.5 Å². The molecule has 6 aromatic carbocycles. The number of rotatable bonds is 2. The average Bonchev–Trinajstić information content (AvgIpc) is 3.04. The Morgan fingerprint density at radius 3 is 1.18 bits per heavy atom. The topological polar surface area (TPSA) is 0 Å². The lowest BCUT2D eigenvalue weighted by atomic mass is 9.81. The molecule has 0 amide bonds.